The highest BCUT2D eigenvalue weighted by Crippen LogP contribution is 2.39. The first-order chi connectivity index (χ1) is 8.82. The molecule has 0 spiro atoms. The van der Waals surface area contributed by atoms with Crippen LogP contribution in [0.3, 0.4) is 0 Å². The van der Waals surface area contributed by atoms with Crippen LogP contribution in [-0.2, 0) is 6.18 Å². The number of hydrogen-bond donors (Lipinski definition) is 1. The van der Waals surface area contributed by atoms with Crippen molar-refractivity contribution in [2.75, 3.05) is 0 Å². The number of benzene rings is 1. The zero-order chi connectivity index (χ0) is 14.2. The third-order valence-corrected chi connectivity index (χ3v) is 2.71. The van der Waals surface area contributed by atoms with Crippen molar-refractivity contribution in [3.05, 3.63) is 52.9 Å². The summed E-state index contributed by atoms with van der Waals surface area (Å²) in [5, 5.41) is 21.6. The molecule has 0 saturated heterocycles. The lowest BCUT2D eigenvalue weighted by Gasteiger charge is -2.14. The highest BCUT2D eigenvalue weighted by atomic mass is 19.4. The van der Waals surface area contributed by atoms with Crippen LogP contribution in [0.2, 0.25) is 0 Å². The van der Waals surface area contributed by atoms with E-state index in [-0.39, 0.29) is 11.3 Å². The van der Waals surface area contributed by atoms with Crippen molar-refractivity contribution in [1.82, 2.24) is 0 Å². The molecule has 0 fully saturated rings. The Morgan fingerprint density at radius 1 is 1.16 bits per heavy atom. The van der Waals surface area contributed by atoms with Crippen LogP contribution in [0.15, 0.2) is 36.4 Å². The first-order valence-electron chi connectivity index (χ1n) is 5.41. The van der Waals surface area contributed by atoms with E-state index in [1.165, 1.54) is 19.1 Å². The first kappa shape index (κ1) is 13.2. The molecule has 1 aromatic heterocycles. The van der Waals surface area contributed by atoms with Gasteiger partial charge in [0.15, 0.2) is 5.69 Å². The predicted molar refractivity (Wildman–Crippen MR) is 62.2 cm³/mol. The molecule has 0 aliphatic heterocycles. The molecule has 1 N–H and O–H groups in total. The summed E-state index contributed by atoms with van der Waals surface area (Å²) >= 11 is 0. The summed E-state index contributed by atoms with van der Waals surface area (Å²) < 4.78 is 38.6. The maximum Gasteiger partial charge on any atom is 0.420 e. The zero-order valence-electron chi connectivity index (χ0n) is 9.90. The third kappa shape index (κ3) is 2.33. The van der Waals surface area contributed by atoms with E-state index in [0.717, 1.165) is 0 Å². The molecule has 0 bridgehead atoms. The minimum Gasteiger partial charge on any atom is -0.618 e. The smallest absolute Gasteiger partial charge is 0.420 e. The van der Waals surface area contributed by atoms with E-state index in [1.807, 2.05) is 0 Å². The standard InChI is InChI=1S/C13H10F3NO2/c1-8-7-10(13(14,15)16)12(18)11(17(8)19)9-5-3-2-4-6-9/h2-7,18H,1H3. The molecule has 0 saturated carbocycles. The second-order valence-electron chi connectivity index (χ2n) is 4.05. The Morgan fingerprint density at radius 2 is 1.74 bits per heavy atom. The monoisotopic (exact) mass is 269 g/mol. The predicted octanol–water partition coefficient (Wildman–Crippen LogP) is 3.02. The Kier molecular flexibility index (Phi) is 3.09. The lowest BCUT2D eigenvalue weighted by Crippen LogP contribution is -2.34. The summed E-state index contributed by atoms with van der Waals surface area (Å²) in [4.78, 5) is 0. The summed E-state index contributed by atoms with van der Waals surface area (Å²) in [6.45, 7) is 1.26. The average Bonchev–Trinajstić information content (AvgIpc) is 2.34. The fourth-order valence-electron chi connectivity index (χ4n) is 1.80. The Balaban J connectivity index is 2.77. The molecular formula is C13H10F3NO2. The number of alkyl halides is 3. The quantitative estimate of drug-likeness (QED) is 0.639. The lowest BCUT2D eigenvalue weighted by atomic mass is 10.1. The molecule has 0 aliphatic rings. The molecule has 0 atom stereocenters. The maximum atomic E-state index is 12.8. The van der Waals surface area contributed by atoms with E-state index in [4.69, 9.17) is 0 Å². The number of hydrogen-bond acceptors (Lipinski definition) is 2. The van der Waals surface area contributed by atoms with Gasteiger partial charge in [0.2, 0.25) is 5.75 Å². The lowest BCUT2D eigenvalue weighted by molar-refractivity contribution is -0.601. The summed E-state index contributed by atoms with van der Waals surface area (Å²) in [5.74, 6) is -1.06. The van der Waals surface area contributed by atoms with Crippen LogP contribution in [0.25, 0.3) is 11.3 Å². The van der Waals surface area contributed by atoms with Gasteiger partial charge >= 0.3 is 6.18 Å². The molecule has 0 radical (unpaired) electrons. The molecule has 6 heteroatoms. The van der Waals surface area contributed by atoms with Crippen LogP contribution in [0.4, 0.5) is 13.2 Å². The second kappa shape index (κ2) is 4.46. The zero-order valence-corrected chi connectivity index (χ0v) is 9.90. The largest absolute Gasteiger partial charge is 0.618 e. The topological polar surface area (TPSA) is 47.2 Å². The van der Waals surface area contributed by atoms with Crippen LogP contribution >= 0.6 is 0 Å². The number of nitrogens with zero attached hydrogens (tertiary/aromatic N) is 1. The van der Waals surface area contributed by atoms with Crippen molar-refractivity contribution < 1.29 is 23.0 Å². The first-order valence-corrected chi connectivity index (χ1v) is 5.41. The van der Waals surface area contributed by atoms with Crippen molar-refractivity contribution in [2.24, 2.45) is 0 Å². The summed E-state index contributed by atoms with van der Waals surface area (Å²) in [6.07, 6.45) is -4.72. The van der Waals surface area contributed by atoms with Gasteiger partial charge in [0, 0.05) is 13.0 Å². The minimum absolute atomic E-state index is 0.135. The van der Waals surface area contributed by atoms with E-state index in [9.17, 15) is 23.5 Å². The van der Waals surface area contributed by atoms with E-state index < -0.39 is 23.2 Å². The fraction of sp³-hybridized carbons (Fsp3) is 0.154. The molecule has 19 heavy (non-hydrogen) atoms. The van der Waals surface area contributed by atoms with E-state index in [1.54, 1.807) is 18.2 Å². The van der Waals surface area contributed by atoms with Gasteiger partial charge in [-0.1, -0.05) is 18.2 Å². The van der Waals surface area contributed by atoms with Gasteiger partial charge in [-0.25, -0.2) is 0 Å². The SMILES string of the molecule is Cc1cc(C(F)(F)F)c(O)c(-c2ccccc2)[n+]1[O-]. The van der Waals surface area contributed by atoms with Gasteiger partial charge in [0.25, 0.3) is 5.69 Å². The normalized spacial score (nSPS) is 11.6. The van der Waals surface area contributed by atoms with Gasteiger partial charge in [0.05, 0.1) is 5.56 Å². The Morgan fingerprint density at radius 3 is 2.26 bits per heavy atom. The summed E-state index contributed by atoms with van der Waals surface area (Å²) in [7, 11) is 0. The van der Waals surface area contributed by atoms with Gasteiger partial charge in [-0.3, -0.25) is 0 Å². The number of aryl methyl sites for hydroxylation is 1. The molecule has 1 heterocycles. The average molecular weight is 269 g/mol. The van der Waals surface area contributed by atoms with Gasteiger partial charge in [0.1, 0.15) is 5.56 Å². The van der Waals surface area contributed by atoms with Gasteiger partial charge in [-0.2, -0.15) is 17.9 Å². The number of rotatable bonds is 1. The molecule has 3 nitrogen and oxygen atoms in total. The van der Waals surface area contributed by atoms with Crippen LogP contribution in [0.5, 0.6) is 5.75 Å². The van der Waals surface area contributed by atoms with Gasteiger partial charge in [-0.15, -0.1) is 0 Å². The molecule has 100 valence electrons. The Bertz CT molecular complexity index is 610. The highest BCUT2D eigenvalue weighted by Gasteiger charge is 2.38. The molecule has 2 rings (SSSR count). The van der Waals surface area contributed by atoms with Crippen LogP contribution < -0.4 is 4.73 Å². The molecule has 0 amide bonds. The fourth-order valence-corrected chi connectivity index (χ4v) is 1.80. The van der Waals surface area contributed by atoms with Crippen molar-refractivity contribution in [2.45, 2.75) is 13.1 Å². The van der Waals surface area contributed by atoms with Crippen molar-refractivity contribution >= 4 is 0 Å². The highest BCUT2D eigenvalue weighted by molar-refractivity contribution is 5.65. The van der Waals surface area contributed by atoms with E-state index in [0.29, 0.717) is 10.8 Å². The van der Waals surface area contributed by atoms with Crippen molar-refractivity contribution in [1.29, 1.82) is 0 Å². The Labute approximate surface area is 107 Å². The molecule has 1 aromatic carbocycles. The van der Waals surface area contributed by atoms with Gasteiger partial charge < -0.3 is 10.3 Å². The molecule has 2 aromatic rings. The summed E-state index contributed by atoms with van der Waals surface area (Å²) in [6, 6.07) is 8.37. The third-order valence-electron chi connectivity index (χ3n) is 2.71. The number of pyridine rings is 1. The van der Waals surface area contributed by atoms with Crippen LogP contribution in [-0.4, -0.2) is 5.11 Å². The van der Waals surface area contributed by atoms with Crippen molar-refractivity contribution in [3.8, 4) is 17.0 Å². The summed E-state index contributed by atoms with van der Waals surface area (Å²) in [5.41, 5.74) is -1.52. The maximum absolute atomic E-state index is 12.8. The second-order valence-corrected chi connectivity index (χ2v) is 4.05. The van der Waals surface area contributed by atoms with E-state index in [2.05, 4.69) is 0 Å². The van der Waals surface area contributed by atoms with Gasteiger partial charge in [-0.05, 0) is 12.1 Å². The van der Waals surface area contributed by atoms with Crippen LogP contribution in [0, 0.1) is 12.1 Å². The number of halogens is 3. The van der Waals surface area contributed by atoms with E-state index >= 15 is 0 Å². The minimum atomic E-state index is -4.72. The van der Waals surface area contributed by atoms with Crippen LogP contribution in [0.1, 0.15) is 11.3 Å². The molecule has 0 unspecified atom stereocenters. The number of aromatic hydroxyl groups is 1. The van der Waals surface area contributed by atoms with Crippen molar-refractivity contribution in [3.63, 3.8) is 0 Å². The number of aromatic nitrogens is 1. The molecule has 0 aliphatic carbocycles. The molecular weight excluding hydrogens is 259 g/mol. The Hall–Kier alpha value is -2.24.